The van der Waals surface area contributed by atoms with Gasteiger partial charge >= 0.3 is 18.9 Å². The topological polar surface area (TPSA) is 44.8 Å². The summed E-state index contributed by atoms with van der Waals surface area (Å²) in [6.07, 6.45) is 0. The van der Waals surface area contributed by atoms with Crippen LogP contribution in [0.15, 0.2) is 30.3 Å². The van der Waals surface area contributed by atoms with Crippen LogP contribution in [0.3, 0.4) is 0 Å². The first-order chi connectivity index (χ1) is 11.0. The maximum atomic E-state index is 12.6. The SMILES string of the molecule is COc1cc(OC)c(PC(=O)c2c(Cl)cccc2Cl)c(OC)c1.[H-].[Li+]. The normalized spacial score (nSPS) is 10.4. The molecule has 0 aliphatic rings. The molecule has 0 N–H and O–H groups in total. The van der Waals surface area contributed by atoms with Crippen molar-refractivity contribution < 1.29 is 39.3 Å². The van der Waals surface area contributed by atoms with E-state index in [2.05, 4.69) is 0 Å². The van der Waals surface area contributed by atoms with Crippen LogP contribution in [0.25, 0.3) is 0 Å². The Labute approximate surface area is 166 Å². The first kappa shape index (κ1) is 21.2. The standard InChI is InChI=1S/C16H15Cl2O4P.Li.H/c1-20-9-7-12(21-2)15(13(8-9)22-3)23-16(19)14-10(17)5-4-6-11(14)18;;/h4-8,23H,1-3H3;;/q;+1;-1. The largest absolute Gasteiger partial charge is 1.00 e. The second kappa shape index (κ2) is 9.56. The van der Waals surface area contributed by atoms with E-state index in [4.69, 9.17) is 37.4 Å². The average Bonchev–Trinajstić information content (AvgIpc) is 2.54. The van der Waals surface area contributed by atoms with Gasteiger partial charge in [-0.15, -0.1) is 0 Å². The van der Waals surface area contributed by atoms with Crippen molar-refractivity contribution in [2.24, 2.45) is 0 Å². The van der Waals surface area contributed by atoms with Gasteiger partial charge in [0.1, 0.15) is 17.2 Å². The van der Waals surface area contributed by atoms with Crippen LogP contribution >= 0.6 is 31.8 Å². The first-order valence-electron chi connectivity index (χ1n) is 6.57. The molecule has 2 rings (SSSR count). The number of methoxy groups -OCH3 is 3. The molecule has 0 aromatic heterocycles. The van der Waals surface area contributed by atoms with Crippen molar-refractivity contribution in [2.45, 2.75) is 0 Å². The number of halogens is 2. The summed E-state index contributed by atoms with van der Waals surface area (Å²) in [5.41, 5.74) is 0.108. The smallest absolute Gasteiger partial charge is 1.00 e. The van der Waals surface area contributed by atoms with E-state index < -0.39 is 0 Å². The molecule has 0 aliphatic heterocycles. The van der Waals surface area contributed by atoms with Crippen LogP contribution in [0.5, 0.6) is 17.2 Å². The van der Waals surface area contributed by atoms with Crippen molar-refractivity contribution in [3.05, 3.63) is 45.9 Å². The molecule has 0 spiro atoms. The molecule has 1 unspecified atom stereocenters. The van der Waals surface area contributed by atoms with Crippen LogP contribution in [0.2, 0.25) is 10.0 Å². The molecule has 2 aromatic carbocycles. The van der Waals surface area contributed by atoms with Crippen molar-refractivity contribution >= 4 is 42.6 Å². The Morgan fingerprint density at radius 2 is 1.50 bits per heavy atom. The van der Waals surface area contributed by atoms with Crippen LogP contribution in [-0.2, 0) is 0 Å². The Hall–Kier alpha value is -0.883. The fraction of sp³-hybridized carbons (Fsp3) is 0.188. The predicted octanol–water partition coefficient (Wildman–Crippen LogP) is 1.28. The van der Waals surface area contributed by atoms with E-state index in [9.17, 15) is 4.79 Å². The molecule has 0 bridgehead atoms. The molecule has 0 fully saturated rings. The predicted molar refractivity (Wildman–Crippen MR) is 96.0 cm³/mol. The van der Waals surface area contributed by atoms with Crippen LogP contribution in [0.1, 0.15) is 11.8 Å². The molecular formula is C16H16Cl2LiO4P. The minimum atomic E-state index is -0.256. The Balaban J connectivity index is 0.00000288. The summed E-state index contributed by atoms with van der Waals surface area (Å²) in [7, 11) is 4.34. The molecule has 2 aromatic rings. The number of benzene rings is 2. The monoisotopic (exact) mass is 380 g/mol. The number of ether oxygens (including phenoxy) is 3. The zero-order chi connectivity index (χ0) is 17.0. The van der Waals surface area contributed by atoms with Gasteiger partial charge in [-0.05, 0) is 20.7 Å². The van der Waals surface area contributed by atoms with Crippen LogP contribution in [0.4, 0.5) is 0 Å². The summed E-state index contributed by atoms with van der Waals surface area (Å²) in [4.78, 5) is 12.6. The van der Waals surface area contributed by atoms with Crippen molar-refractivity contribution in [1.82, 2.24) is 0 Å². The fourth-order valence-corrected chi connectivity index (χ4v) is 3.96. The number of carbonyl (C=O) groups is 1. The second-order valence-electron chi connectivity index (χ2n) is 4.46. The average molecular weight is 381 g/mol. The summed E-state index contributed by atoms with van der Waals surface area (Å²) in [5, 5.41) is 1.28. The van der Waals surface area contributed by atoms with Crippen LogP contribution in [0, 0.1) is 0 Å². The van der Waals surface area contributed by atoms with E-state index in [1.165, 1.54) is 14.2 Å². The van der Waals surface area contributed by atoms with Crippen LogP contribution < -0.4 is 38.4 Å². The van der Waals surface area contributed by atoms with Crippen molar-refractivity contribution in [2.75, 3.05) is 21.3 Å². The van der Waals surface area contributed by atoms with E-state index >= 15 is 0 Å². The molecular weight excluding hydrogens is 365 g/mol. The third kappa shape index (κ3) is 4.60. The number of hydrogen-bond acceptors (Lipinski definition) is 4. The Kier molecular flexibility index (Phi) is 8.43. The van der Waals surface area contributed by atoms with Gasteiger partial charge in [0, 0.05) is 12.1 Å². The maximum absolute atomic E-state index is 12.6. The zero-order valence-electron chi connectivity index (χ0n) is 14.8. The number of rotatable bonds is 6. The van der Waals surface area contributed by atoms with Gasteiger partial charge in [0.15, 0.2) is 5.52 Å². The minimum Gasteiger partial charge on any atom is -1.00 e. The molecule has 0 heterocycles. The summed E-state index contributed by atoms with van der Waals surface area (Å²) in [5.74, 6) is 1.60. The van der Waals surface area contributed by atoms with Crippen LogP contribution in [-0.4, -0.2) is 26.9 Å². The number of hydrogen-bond donors (Lipinski definition) is 0. The fourth-order valence-electron chi connectivity index (χ4n) is 2.02. The molecule has 0 amide bonds. The molecule has 1 atom stereocenters. The maximum Gasteiger partial charge on any atom is 1.00 e. The molecule has 8 heteroatoms. The molecule has 124 valence electrons. The van der Waals surface area contributed by atoms with Gasteiger partial charge in [-0.25, -0.2) is 0 Å². The molecule has 0 aliphatic carbocycles. The molecule has 0 radical (unpaired) electrons. The van der Waals surface area contributed by atoms with E-state index in [1.807, 2.05) is 0 Å². The van der Waals surface area contributed by atoms with Gasteiger partial charge in [-0.1, -0.05) is 29.3 Å². The van der Waals surface area contributed by atoms with Gasteiger partial charge in [-0.2, -0.15) is 0 Å². The molecule has 0 saturated carbocycles. The van der Waals surface area contributed by atoms with E-state index in [1.54, 1.807) is 37.4 Å². The van der Waals surface area contributed by atoms with E-state index in [0.717, 1.165) is 0 Å². The second-order valence-corrected chi connectivity index (χ2v) is 6.48. The van der Waals surface area contributed by atoms with Crippen molar-refractivity contribution in [1.29, 1.82) is 0 Å². The van der Waals surface area contributed by atoms with Gasteiger partial charge in [0.05, 0.1) is 42.2 Å². The minimum absolute atomic E-state index is 0. The summed E-state index contributed by atoms with van der Waals surface area (Å²) in [6, 6.07) is 8.36. The Morgan fingerprint density at radius 1 is 1.00 bits per heavy atom. The van der Waals surface area contributed by atoms with Gasteiger partial charge in [-0.3, -0.25) is 4.79 Å². The Morgan fingerprint density at radius 3 is 1.92 bits per heavy atom. The number of carbonyl (C=O) groups excluding carboxylic acids is 1. The zero-order valence-corrected chi connectivity index (χ0v) is 16.3. The van der Waals surface area contributed by atoms with Crippen molar-refractivity contribution in [3.63, 3.8) is 0 Å². The van der Waals surface area contributed by atoms with Gasteiger partial charge in [0.25, 0.3) is 0 Å². The third-order valence-corrected chi connectivity index (χ3v) is 4.99. The first-order valence-corrected chi connectivity index (χ1v) is 8.32. The molecule has 0 saturated heterocycles. The summed E-state index contributed by atoms with van der Waals surface area (Å²) < 4.78 is 15.9. The summed E-state index contributed by atoms with van der Waals surface area (Å²) >= 11 is 12.2. The third-order valence-electron chi connectivity index (χ3n) is 3.14. The molecule has 24 heavy (non-hydrogen) atoms. The van der Waals surface area contributed by atoms with Crippen molar-refractivity contribution in [3.8, 4) is 17.2 Å². The van der Waals surface area contributed by atoms with E-state index in [0.29, 0.717) is 38.2 Å². The van der Waals surface area contributed by atoms with Gasteiger partial charge < -0.3 is 15.6 Å². The Bertz CT molecular complexity index is 701. The van der Waals surface area contributed by atoms with E-state index in [-0.39, 0.29) is 34.4 Å². The quantitative estimate of drug-likeness (QED) is 0.559. The molecule has 4 nitrogen and oxygen atoms in total. The van der Waals surface area contributed by atoms with Gasteiger partial charge in [0.2, 0.25) is 0 Å². The summed E-state index contributed by atoms with van der Waals surface area (Å²) in [6.45, 7) is 0.